The number of rotatable bonds is 6. The van der Waals surface area contributed by atoms with E-state index in [2.05, 4.69) is 66.8 Å². The fourth-order valence-corrected chi connectivity index (χ4v) is 3.07. The highest BCUT2D eigenvalue weighted by Gasteiger charge is 2.17. The summed E-state index contributed by atoms with van der Waals surface area (Å²) in [7, 11) is 0. The fourth-order valence-electron chi connectivity index (χ4n) is 3.07. The molecular formula is C20H26N4O. The summed E-state index contributed by atoms with van der Waals surface area (Å²) >= 11 is 0. The molecule has 0 aliphatic heterocycles. The molecule has 0 aliphatic rings. The minimum atomic E-state index is 0.216. The van der Waals surface area contributed by atoms with Gasteiger partial charge in [0.2, 0.25) is 5.88 Å². The van der Waals surface area contributed by atoms with Crippen molar-refractivity contribution in [3.05, 3.63) is 42.4 Å². The maximum atomic E-state index is 10.5. The predicted molar refractivity (Wildman–Crippen MR) is 102 cm³/mol. The van der Waals surface area contributed by atoms with Crippen LogP contribution < -0.4 is 4.90 Å². The van der Waals surface area contributed by atoms with E-state index in [1.165, 1.54) is 5.69 Å². The van der Waals surface area contributed by atoms with Gasteiger partial charge in [0.25, 0.3) is 0 Å². The summed E-state index contributed by atoms with van der Waals surface area (Å²) in [4.78, 5) is 11.4. The molecule has 5 heteroatoms. The Morgan fingerprint density at radius 1 is 1.12 bits per heavy atom. The third kappa shape index (κ3) is 3.18. The zero-order valence-corrected chi connectivity index (χ0v) is 15.4. The van der Waals surface area contributed by atoms with E-state index in [1.807, 2.05) is 6.20 Å². The zero-order valence-electron chi connectivity index (χ0n) is 15.4. The second kappa shape index (κ2) is 7.13. The molecule has 5 nitrogen and oxygen atoms in total. The Balaban J connectivity index is 1.97. The van der Waals surface area contributed by atoms with Gasteiger partial charge in [0, 0.05) is 36.5 Å². The lowest BCUT2D eigenvalue weighted by Gasteiger charge is -2.21. The molecule has 2 heterocycles. The first-order valence-electron chi connectivity index (χ1n) is 9.01. The van der Waals surface area contributed by atoms with Crippen molar-refractivity contribution < 1.29 is 5.11 Å². The highest BCUT2D eigenvalue weighted by molar-refractivity contribution is 5.64. The van der Waals surface area contributed by atoms with E-state index in [0.717, 1.165) is 36.5 Å². The molecule has 0 bridgehead atoms. The van der Waals surface area contributed by atoms with Crippen molar-refractivity contribution in [2.75, 3.05) is 18.0 Å². The standard InChI is InChI=1S/C20H26N4O/c1-5-14(4)19-20(25)24-13-17(21-12-18(24)22-19)15-8-10-16(11-9-15)23(6-2)7-3/h8-14,25H,5-7H2,1-4H3. The smallest absolute Gasteiger partial charge is 0.219 e. The molecule has 0 amide bonds. The van der Waals surface area contributed by atoms with Crippen molar-refractivity contribution in [1.29, 1.82) is 0 Å². The van der Waals surface area contributed by atoms with Gasteiger partial charge in [-0.2, -0.15) is 0 Å². The van der Waals surface area contributed by atoms with Crippen molar-refractivity contribution in [3.8, 4) is 17.1 Å². The summed E-state index contributed by atoms with van der Waals surface area (Å²) < 4.78 is 1.72. The lowest BCUT2D eigenvalue weighted by molar-refractivity contribution is 0.435. The van der Waals surface area contributed by atoms with E-state index in [-0.39, 0.29) is 11.8 Å². The van der Waals surface area contributed by atoms with Crippen LogP contribution in [-0.2, 0) is 0 Å². The van der Waals surface area contributed by atoms with Crippen LogP contribution in [0.15, 0.2) is 36.7 Å². The first kappa shape index (κ1) is 17.3. The number of fused-ring (bicyclic) bond motifs is 1. The van der Waals surface area contributed by atoms with Gasteiger partial charge in [-0.05, 0) is 32.4 Å². The molecule has 25 heavy (non-hydrogen) atoms. The maximum absolute atomic E-state index is 10.5. The average Bonchev–Trinajstić information content (AvgIpc) is 2.99. The van der Waals surface area contributed by atoms with Crippen molar-refractivity contribution in [2.45, 2.75) is 40.0 Å². The molecule has 0 saturated carbocycles. The number of hydrogen-bond acceptors (Lipinski definition) is 4. The van der Waals surface area contributed by atoms with E-state index in [1.54, 1.807) is 10.6 Å². The molecule has 3 rings (SSSR count). The molecule has 0 radical (unpaired) electrons. The van der Waals surface area contributed by atoms with Crippen LogP contribution in [0.4, 0.5) is 5.69 Å². The summed E-state index contributed by atoms with van der Waals surface area (Å²) in [5, 5.41) is 10.5. The van der Waals surface area contributed by atoms with Gasteiger partial charge in [0.1, 0.15) is 5.69 Å². The summed E-state index contributed by atoms with van der Waals surface area (Å²) in [6, 6.07) is 8.38. The Hall–Kier alpha value is -2.56. The van der Waals surface area contributed by atoms with Gasteiger partial charge in [0.15, 0.2) is 5.65 Å². The number of hydrogen-bond donors (Lipinski definition) is 1. The Morgan fingerprint density at radius 3 is 2.40 bits per heavy atom. The van der Waals surface area contributed by atoms with E-state index in [9.17, 15) is 5.11 Å². The van der Waals surface area contributed by atoms with Crippen molar-refractivity contribution in [1.82, 2.24) is 14.4 Å². The SMILES string of the molecule is CCC(C)c1nc2cnc(-c3ccc(N(CC)CC)cc3)cn2c1O. The normalized spacial score (nSPS) is 12.5. The number of benzene rings is 1. The third-order valence-electron chi connectivity index (χ3n) is 4.88. The molecule has 1 N–H and O–H groups in total. The van der Waals surface area contributed by atoms with Crippen LogP contribution in [0.5, 0.6) is 5.88 Å². The Kier molecular flexibility index (Phi) is 4.93. The summed E-state index contributed by atoms with van der Waals surface area (Å²) in [5.74, 6) is 0.435. The molecule has 0 spiro atoms. The number of aromatic nitrogens is 3. The lowest BCUT2D eigenvalue weighted by atomic mass is 10.1. The third-order valence-corrected chi connectivity index (χ3v) is 4.88. The molecule has 0 saturated heterocycles. The molecule has 132 valence electrons. The maximum Gasteiger partial charge on any atom is 0.219 e. The summed E-state index contributed by atoms with van der Waals surface area (Å²) in [6.07, 6.45) is 4.51. The zero-order chi connectivity index (χ0) is 18.0. The largest absolute Gasteiger partial charge is 0.493 e. The molecule has 3 aromatic rings. The van der Waals surface area contributed by atoms with Crippen LogP contribution in [0, 0.1) is 0 Å². The number of nitrogens with zero attached hydrogens (tertiary/aromatic N) is 4. The minimum Gasteiger partial charge on any atom is -0.493 e. The van der Waals surface area contributed by atoms with Gasteiger partial charge in [0.05, 0.1) is 11.9 Å². The Morgan fingerprint density at radius 2 is 1.80 bits per heavy atom. The monoisotopic (exact) mass is 338 g/mol. The van der Waals surface area contributed by atoms with Crippen molar-refractivity contribution >= 4 is 11.3 Å². The van der Waals surface area contributed by atoms with Crippen molar-refractivity contribution in [2.24, 2.45) is 0 Å². The van der Waals surface area contributed by atoms with Gasteiger partial charge >= 0.3 is 0 Å². The van der Waals surface area contributed by atoms with Gasteiger partial charge in [-0.15, -0.1) is 0 Å². The van der Waals surface area contributed by atoms with E-state index >= 15 is 0 Å². The second-order valence-corrected chi connectivity index (χ2v) is 6.35. The van der Waals surface area contributed by atoms with Crippen LogP contribution >= 0.6 is 0 Å². The van der Waals surface area contributed by atoms with Crippen LogP contribution in [0.25, 0.3) is 16.9 Å². The van der Waals surface area contributed by atoms with E-state index in [0.29, 0.717) is 5.65 Å². The number of imidazole rings is 1. The van der Waals surface area contributed by atoms with Gasteiger partial charge < -0.3 is 10.0 Å². The Bertz CT molecular complexity index is 850. The molecule has 1 aromatic carbocycles. The highest BCUT2D eigenvalue weighted by Crippen LogP contribution is 2.30. The molecule has 2 aromatic heterocycles. The number of anilines is 1. The van der Waals surface area contributed by atoms with Crippen LogP contribution in [0.3, 0.4) is 0 Å². The highest BCUT2D eigenvalue weighted by atomic mass is 16.3. The first-order valence-corrected chi connectivity index (χ1v) is 9.01. The number of aromatic hydroxyl groups is 1. The molecule has 1 unspecified atom stereocenters. The van der Waals surface area contributed by atoms with Crippen LogP contribution in [0.1, 0.15) is 45.7 Å². The van der Waals surface area contributed by atoms with Gasteiger partial charge in [-0.3, -0.25) is 9.38 Å². The molecule has 0 fully saturated rings. The lowest BCUT2D eigenvalue weighted by Crippen LogP contribution is -2.21. The van der Waals surface area contributed by atoms with Crippen LogP contribution in [-0.4, -0.2) is 32.6 Å². The topological polar surface area (TPSA) is 53.7 Å². The summed E-state index contributed by atoms with van der Waals surface area (Å²) in [6.45, 7) is 10.5. The average molecular weight is 338 g/mol. The molecular weight excluding hydrogens is 312 g/mol. The first-order chi connectivity index (χ1) is 12.1. The van der Waals surface area contributed by atoms with Crippen LogP contribution in [0.2, 0.25) is 0 Å². The van der Waals surface area contributed by atoms with Gasteiger partial charge in [-0.1, -0.05) is 26.0 Å². The van der Waals surface area contributed by atoms with Gasteiger partial charge in [-0.25, -0.2) is 4.98 Å². The second-order valence-electron chi connectivity index (χ2n) is 6.35. The molecule has 0 aliphatic carbocycles. The predicted octanol–water partition coefficient (Wildman–Crippen LogP) is 4.46. The quantitative estimate of drug-likeness (QED) is 0.721. The van der Waals surface area contributed by atoms with E-state index in [4.69, 9.17) is 0 Å². The molecule has 1 atom stereocenters. The fraction of sp³-hybridized carbons (Fsp3) is 0.400. The minimum absolute atomic E-state index is 0.216. The summed E-state index contributed by atoms with van der Waals surface area (Å²) in [5.41, 5.74) is 4.46. The van der Waals surface area contributed by atoms with E-state index < -0.39 is 0 Å². The Labute approximate surface area is 149 Å². The van der Waals surface area contributed by atoms with Crippen molar-refractivity contribution in [3.63, 3.8) is 0 Å².